The maximum Gasteiger partial charge on any atom is 0.226 e. The molecule has 0 saturated carbocycles. The minimum atomic E-state index is -3.91. The molecule has 2 fully saturated rings. The van der Waals surface area contributed by atoms with Gasteiger partial charge in [0.1, 0.15) is 13.1 Å². The monoisotopic (exact) mass is 574 g/mol. The van der Waals surface area contributed by atoms with E-state index in [-0.39, 0.29) is 5.75 Å². The van der Waals surface area contributed by atoms with Crippen LogP contribution in [0.5, 0.6) is 0 Å². The minimum absolute atomic E-state index is 0.312. The number of likely N-dealkylation sites (tertiary alicyclic amines) is 1. The van der Waals surface area contributed by atoms with E-state index in [1.54, 1.807) is 0 Å². The number of hydrogen-bond acceptors (Lipinski definition) is 5. The van der Waals surface area contributed by atoms with Crippen molar-refractivity contribution in [1.29, 1.82) is 0 Å². The highest BCUT2D eigenvalue weighted by Crippen LogP contribution is 2.20. The third-order valence-corrected chi connectivity index (χ3v) is 9.11. The summed E-state index contributed by atoms with van der Waals surface area (Å²) in [6, 6.07) is 0. The molecule has 1 amide bonds. The van der Waals surface area contributed by atoms with Gasteiger partial charge >= 0.3 is 0 Å². The molecule has 0 atom stereocenters. The largest absolute Gasteiger partial charge is 0.748 e. The molecule has 2 heterocycles. The summed E-state index contributed by atoms with van der Waals surface area (Å²) in [6.07, 6.45) is 27.0. The molecule has 0 radical (unpaired) electrons. The first kappa shape index (κ1) is 36.3. The second-order valence-electron chi connectivity index (χ2n) is 11.9. The SMILES string of the molecule is CCCCCCCCCCCCCCCCCC[N+]1(CN2CCCCCC2=O)CCOCC1.CCS(=O)(=O)[O-]. The van der Waals surface area contributed by atoms with E-state index in [9.17, 15) is 17.8 Å². The smallest absolute Gasteiger partial charge is 0.226 e. The van der Waals surface area contributed by atoms with Gasteiger partial charge in [0, 0.05) is 18.7 Å². The molecule has 2 aliphatic rings. The summed E-state index contributed by atoms with van der Waals surface area (Å²) in [5.74, 6) is 0.0796. The molecule has 0 unspecified atom stereocenters. The zero-order chi connectivity index (χ0) is 28.7. The molecule has 39 heavy (non-hydrogen) atoms. The van der Waals surface area contributed by atoms with Crippen molar-refractivity contribution in [3.05, 3.63) is 0 Å². The Kier molecular flexibility index (Phi) is 21.4. The first-order chi connectivity index (χ1) is 18.8. The average molecular weight is 575 g/mol. The standard InChI is InChI=1S/C29H57N2O2.C2H6O3S/c1-2-3-4-5-6-7-8-9-10-11-12-13-14-15-16-20-23-31(24-26-33-27-25-31)28-30-22-19-17-18-21-29(30)32;1-2-6(3,4)5/h2-28H2,1H3;2H2,1H3,(H,3,4,5)/q+1;/p-1. The van der Waals surface area contributed by atoms with Gasteiger partial charge < -0.3 is 13.8 Å². The third-order valence-electron chi connectivity index (χ3n) is 8.40. The van der Waals surface area contributed by atoms with Gasteiger partial charge in [-0.05, 0) is 25.7 Å². The molecule has 2 aliphatic heterocycles. The normalized spacial score (nSPS) is 17.9. The Bertz CT molecular complexity index is 695. The molecule has 0 aromatic rings. The lowest BCUT2D eigenvalue weighted by Crippen LogP contribution is -2.60. The summed E-state index contributed by atoms with van der Waals surface area (Å²) in [4.78, 5) is 14.7. The lowest BCUT2D eigenvalue weighted by Gasteiger charge is -2.44. The summed E-state index contributed by atoms with van der Waals surface area (Å²) >= 11 is 0. The van der Waals surface area contributed by atoms with Gasteiger partial charge in [-0.15, -0.1) is 0 Å². The molecule has 0 bridgehead atoms. The summed E-state index contributed by atoms with van der Waals surface area (Å²) < 4.78 is 35.1. The predicted octanol–water partition coefficient (Wildman–Crippen LogP) is 7.01. The average Bonchev–Trinajstić information content (AvgIpc) is 3.12. The second-order valence-corrected chi connectivity index (χ2v) is 13.6. The van der Waals surface area contributed by atoms with Gasteiger partial charge in [0.2, 0.25) is 5.91 Å². The van der Waals surface area contributed by atoms with Gasteiger partial charge in [-0.2, -0.15) is 0 Å². The van der Waals surface area contributed by atoms with Crippen LogP contribution in [-0.4, -0.2) is 80.1 Å². The van der Waals surface area contributed by atoms with Crippen LogP contribution in [0.4, 0.5) is 0 Å². The van der Waals surface area contributed by atoms with Crippen LogP contribution in [0.1, 0.15) is 142 Å². The molecule has 0 aromatic heterocycles. The first-order valence-corrected chi connectivity index (χ1v) is 18.0. The van der Waals surface area contributed by atoms with Gasteiger partial charge in [-0.1, -0.05) is 110 Å². The van der Waals surface area contributed by atoms with Crippen molar-refractivity contribution in [2.24, 2.45) is 0 Å². The number of quaternary nitrogens is 1. The Morgan fingerprint density at radius 2 is 1.21 bits per heavy atom. The number of nitrogens with zero attached hydrogens (tertiary/aromatic N) is 2. The van der Waals surface area contributed by atoms with Crippen LogP contribution in [0, 0.1) is 0 Å². The third kappa shape index (κ3) is 19.9. The van der Waals surface area contributed by atoms with Crippen LogP contribution in [0.25, 0.3) is 0 Å². The fraction of sp³-hybridized carbons (Fsp3) is 0.968. The highest BCUT2D eigenvalue weighted by Gasteiger charge is 2.34. The van der Waals surface area contributed by atoms with E-state index in [0.29, 0.717) is 5.91 Å². The number of rotatable bonds is 20. The molecule has 2 saturated heterocycles. The number of carbonyl (C=O) groups excluding carboxylic acids is 1. The lowest BCUT2D eigenvalue weighted by atomic mass is 10.0. The van der Waals surface area contributed by atoms with Crippen LogP contribution < -0.4 is 0 Å². The number of carbonyl (C=O) groups is 1. The number of ether oxygens (including phenoxy) is 1. The summed E-state index contributed by atoms with van der Waals surface area (Å²) in [7, 11) is -3.91. The van der Waals surface area contributed by atoms with Crippen LogP contribution >= 0.6 is 0 Å². The quantitative estimate of drug-likeness (QED) is 0.0887. The van der Waals surface area contributed by atoms with Crippen LogP contribution in [-0.2, 0) is 19.6 Å². The Hall–Kier alpha value is -0.700. The molecular weight excluding hydrogens is 512 g/mol. The van der Waals surface area contributed by atoms with Gasteiger partial charge in [0.05, 0.1) is 29.9 Å². The minimum Gasteiger partial charge on any atom is -0.748 e. The molecule has 232 valence electrons. The Morgan fingerprint density at radius 3 is 1.67 bits per heavy atom. The molecule has 0 aromatic carbocycles. The molecule has 0 aliphatic carbocycles. The zero-order valence-corrected chi connectivity index (χ0v) is 26.5. The number of unbranched alkanes of at least 4 members (excludes halogenated alkanes) is 15. The number of amides is 1. The number of hydrogen-bond donors (Lipinski definition) is 0. The van der Waals surface area contributed by atoms with E-state index in [1.807, 2.05) is 0 Å². The van der Waals surface area contributed by atoms with E-state index < -0.39 is 10.1 Å². The van der Waals surface area contributed by atoms with Crippen LogP contribution in [0.2, 0.25) is 0 Å². The molecule has 7 nitrogen and oxygen atoms in total. The van der Waals surface area contributed by atoms with Gasteiger partial charge in [0.25, 0.3) is 0 Å². The van der Waals surface area contributed by atoms with Crippen molar-refractivity contribution >= 4 is 16.0 Å². The fourth-order valence-corrected chi connectivity index (χ4v) is 5.71. The maximum atomic E-state index is 12.5. The van der Waals surface area contributed by atoms with Crippen molar-refractivity contribution in [2.45, 2.75) is 142 Å². The Morgan fingerprint density at radius 1 is 0.744 bits per heavy atom. The highest BCUT2D eigenvalue weighted by atomic mass is 32.2. The van der Waals surface area contributed by atoms with Gasteiger partial charge in [-0.3, -0.25) is 9.69 Å². The Balaban J connectivity index is 0.00000113. The summed E-state index contributed by atoms with van der Waals surface area (Å²) in [6.45, 7) is 10.6. The zero-order valence-electron chi connectivity index (χ0n) is 25.6. The van der Waals surface area contributed by atoms with E-state index in [1.165, 1.54) is 129 Å². The summed E-state index contributed by atoms with van der Waals surface area (Å²) in [5.41, 5.74) is 0. The van der Waals surface area contributed by atoms with Gasteiger partial charge in [-0.25, -0.2) is 8.42 Å². The van der Waals surface area contributed by atoms with Crippen molar-refractivity contribution in [3.63, 3.8) is 0 Å². The van der Waals surface area contributed by atoms with Crippen LogP contribution in [0.3, 0.4) is 0 Å². The van der Waals surface area contributed by atoms with Crippen LogP contribution in [0.15, 0.2) is 0 Å². The van der Waals surface area contributed by atoms with Crippen molar-refractivity contribution in [3.8, 4) is 0 Å². The van der Waals surface area contributed by atoms with Crippen molar-refractivity contribution < 1.29 is 27.0 Å². The molecular formula is C31H62N2O5S. The predicted molar refractivity (Wildman–Crippen MR) is 161 cm³/mol. The maximum absolute atomic E-state index is 12.5. The lowest BCUT2D eigenvalue weighted by molar-refractivity contribution is -0.943. The van der Waals surface area contributed by atoms with E-state index >= 15 is 0 Å². The molecule has 2 rings (SSSR count). The fourth-order valence-electron chi connectivity index (χ4n) is 5.71. The van der Waals surface area contributed by atoms with Crippen molar-refractivity contribution in [1.82, 2.24) is 4.90 Å². The van der Waals surface area contributed by atoms with E-state index in [2.05, 4.69) is 11.8 Å². The number of morpholine rings is 1. The first-order valence-electron chi connectivity index (χ1n) is 16.5. The second kappa shape index (κ2) is 22.9. The van der Waals surface area contributed by atoms with E-state index in [4.69, 9.17) is 4.74 Å². The Labute approximate surface area is 241 Å². The van der Waals surface area contributed by atoms with Gasteiger partial charge in [0.15, 0.2) is 6.67 Å². The summed E-state index contributed by atoms with van der Waals surface area (Å²) in [5, 5.41) is 0. The molecule has 0 spiro atoms. The van der Waals surface area contributed by atoms with E-state index in [0.717, 1.165) is 56.8 Å². The molecule has 8 heteroatoms. The topological polar surface area (TPSA) is 86.7 Å². The molecule has 0 N–H and O–H groups in total. The van der Waals surface area contributed by atoms with Crippen molar-refractivity contribution in [2.75, 3.05) is 51.8 Å². The highest BCUT2D eigenvalue weighted by molar-refractivity contribution is 7.85.